The van der Waals surface area contributed by atoms with Crippen molar-refractivity contribution in [2.24, 2.45) is 0 Å². The summed E-state index contributed by atoms with van der Waals surface area (Å²) in [5.41, 5.74) is 0. The Morgan fingerprint density at radius 2 is 1.67 bits per heavy atom. The lowest BCUT2D eigenvalue weighted by Crippen LogP contribution is -2.23. The number of aliphatic hydroxyl groups excluding tert-OH is 1. The average molecular weight is 289 g/mol. The molecular formula is C19H31NO. The molecule has 0 atom stereocenters. The van der Waals surface area contributed by atoms with E-state index in [0.717, 1.165) is 25.9 Å². The van der Waals surface area contributed by atoms with E-state index in [4.69, 9.17) is 5.11 Å². The van der Waals surface area contributed by atoms with Crippen LogP contribution in [0.3, 0.4) is 0 Å². The van der Waals surface area contributed by atoms with Gasteiger partial charge in [-0.3, -0.25) is 0 Å². The summed E-state index contributed by atoms with van der Waals surface area (Å²) in [6, 6.07) is 0. The zero-order valence-electron chi connectivity index (χ0n) is 13.8. The van der Waals surface area contributed by atoms with Crippen molar-refractivity contribution >= 4 is 0 Å². The molecule has 0 amide bonds. The first-order valence-corrected chi connectivity index (χ1v) is 8.24. The van der Waals surface area contributed by atoms with Crippen molar-refractivity contribution in [2.45, 2.75) is 58.3 Å². The highest BCUT2D eigenvalue weighted by molar-refractivity contribution is 5.30. The Morgan fingerprint density at radius 1 is 0.952 bits per heavy atom. The first-order valence-electron chi connectivity index (χ1n) is 8.24. The van der Waals surface area contributed by atoms with Gasteiger partial charge in [-0.1, -0.05) is 50.5 Å². The second-order valence-electron chi connectivity index (χ2n) is 5.28. The van der Waals surface area contributed by atoms with Gasteiger partial charge in [0.2, 0.25) is 0 Å². The second kappa shape index (κ2) is 16.8. The van der Waals surface area contributed by atoms with E-state index in [9.17, 15) is 0 Å². The minimum atomic E-state index is 0.261. The summed E-state index contributed by atoms with van der Waals surface area (Å²) in [5.74, 6) is 11.7. The van der Waals surface area contributed by atoms with Crippen molar-refractivity contribution in [1.29, 1.82) is 0 Å². The Morgan fingerprint density at radius 3 is 2.38 bits per heavy atom. The first kappa shape index (κ1) is 19.8. The highest BCUT2D eigenvalue weighted by Crippen LogP contribution is 2.07. The molecule has 0 fully saturated rings. The van der Waals surface area contributed by atoms with Crippen LogP contribution in [0.5, 0.6) is 0 Å². The van der Waals surface area contributed by atoms with Crippen LogP contribution in [0.25, 0.3) is 0 Å². The third-order valence-electron chi connectivity index (χ3n) is 3.23. The normalized spacial score (nSPS) is 10.3. The summed E-state index contributed by atoms with van der Waals surface area (Å²) in [5, 5.41) is 8.79. The van der Waals surface area contributed by atoms with Gasteiger partial charge in [-0.2, -0.15) is 0 Å². The summed E-state index contributed by atoms with van der Waals surface area (Å²) in [4.78, 5) is 2.19. The van der Waals surface area contributed by atoms with E-state index >= 15 is 0 Å². The van der Waals surface area contributed by atoms with Gasteiger partial charge in [0.05, 0.1) is 6.61 Å². The number of rotatable bonds is 11. The van der Waals surface area contributed by atoms with Crippen LogP contribution in [-0.4, -0.2) is 36.8 Å². The molecule has 0 bridgehead atoms. The second-order valence-corrected chi connectivity index (χ2v) is 5.28. The van der Waals surface area contributed by atoms with Crippen LogP contribution in [0.4, 0.5) is 0 Å². The van der Waals surface area contributed by atoms with Gasteiger partial charge in [-0.05, 0) is 50.8 Å². The van der Waals surface area contributed by atoms with E-state index in [2.05, 4.69) is 42.6 Å². The van der Waals surface area contributed by atoms with Crippen molar-refractivity contribution in [3.05, 3.63) is 12.2 Å². The molecule has 0 heterocycles. The molecule has 21 heavy (non-hydrogen) atoms. The Labute approximate surface area is 131 Å². The molecule has 0 spiro atoms. The van der Waals surface area contributed by atoms with E-state index in [0.29, 0.717) is 0 Å². The van der Waals surface area contributed by atoms with Crippen molar-refractivity contribution < 1.29 is 5.11 Å². The highest BCUT2D eigenvalue weighted by atomic mass is 16.3. The lowest BCUT2D eigenvalue weighted by atomic mass is 10.1. The predicted octanol–water partition coefficient (Wildman–Crippen LogP) is 3.61. The standard InChI is InChI=1S/C19H31NO/c1-3-4-5-6-7-8-9-10-11-12-13-14-15-16-17-20(2)18-19-21/h4-5,21H,3,10-19H2,1-2H3/b5-4-. The molecule has 0 aliphatic carbocycles. The van der Waals surface area contributed by atoms with Gasteiger partial charge in [0.15, 0.2) is 0 Å². The summed E-state index contributed by atoms with van der Waals surface area (Å²) < 4.78 is 0. The molecular weight excluding hydrogens is 258 g/mol. The van der Waals surface area contributed by atoms with Gasteiger partial charge in [0.1, 0.15) is 0 Å². The molecule has 0 radical (unpaired) electrons. The summed E-state index contributed by atoms with van der Waals surface area (Å²) in [6.45, 7) is 4.24. The number of hydrogen-bond donors (Lipinski definition) is 1. The largest absolute Gasteiger partial charge is 0.395 e. The Balaban J connectivity index is 3.31. The molecule has 1 N–H and O–H groups in total. The smallest absolute Gasteiger partial charge is 0.0558 e. The molecule has 0 aromatic rings. The van der Waals surface area contributed by atoms with Gasteiger partial charge < -0.3 is 10.0 Å². The highest BCUT2D eigenvalue weighted by Gasteiger charge is 1.96. The fourth-order valence-electron chi connectivity index (χ4n) is 1.95. The quantitative estimate of drug-likeness (QED) is 0.464. The van der Waals surface area contributed by atoms with Gasteiger partial charge in [0, 0.05) is 13.0 Å². The van der Waals surface area contributed by atoms with E-state index in [-0.39, 0.29) is 6.61 Å². The summed E-state index contributed by atoms with van der Waals surface area (Å²) >= 11 is 0. The number of allylic oxidation sites excluding steroid dienone is 2. The van der Waals surface area contributed by atoms with Gasteiger partial charge in [-0.25, -0.2) is 0 Å². The molecule has 0 saturated carbocycles. The van der Waals surface area contributed by atoms with Crippen molar-refractivity contribution in [3.8, 4) is 23.7 Å². The summed E-state index contributed by atoms with van der Waals surface area (Å²) in [6.07, 6.45) is 13.5. The SMILES string of the molecule is CC/C=C\C#CC#CCCCCCCCCN(C)CCO. The Kier molecular flexibility index (Phi) is 15.9. The number of unbranched alkanes of at least 4 members (excludes halogenated alkanes) is 6. The number of likely N-dealkylation sites (N-methyl/N-ethyl adjacent to an activating group) is 1. The molecule has 0 aromatic carbocycles. The molecule has 2 heteroatoms. The van der Waals surface area contributed by atoms with Crippen LogP contribution >= 0.6 is 0 Å². The lowest BCUT2D eigenvalue weighted by Gasteiger charge is -2.14. The van der Waals surface area contributed by atoms with Crippen LogP contribution in [0.2, 0.25) is 0 Å². The van der Waals surface area contributed by atoms with Crippen LogP contribution in [-0.2, 0) is 0 Å². The average Bonchev–Trinajstić information content (AvgIpc) is 2.48. The van der Waals surface area contributed by atoms with Gasteiger partial charge in [0.25, 0.3) is 0 Å². The maximum Gasteiger partial charge on any atom is 0.0558 e. The van der Waals surface area contributed by atoms with Crippen molar-refractivity contribution in [1.82, 2.24) is 4.90 Å². The van der Waals surface area contributed by atoms with Crippen LogP contribution in [0.1, 0.15) is 58.3 Å². The topological polar surface area (TPSA) is 23.5 Å². The fourth-order valence-corrected chi connectivity index (χ4v) is 1.95. The molecule has 0 aliphatic heterocycles. The Bertz CT molecular complexity index is 364. The van der Waals surface area contributed by atoms with Crippen molar-refractivity contribution in [2.75, 3.05) is 26.7 Å². The molecule has 0 aliphatic rings. The third-order valence-corrected chi connectivity index (χ3v) is 3.23. The monoisotopic (exact) mass is 289 g/mol. The molecule has 0 rings (SSSR count). The zero-order valence-corrected chi connectivity index (χ0v) is 13.8. The maximum absolute atomic E-state index is 8.79. The van der Waals surface area contributed by atoms with E-state index in [1.165, 1.54) is 38.5 Å². The van der Waals surface area contributed by atoms with E-state index in [1.54, 1.807) is 0 Å². The van der Waals surface area contributed by atoms with Gasteiger partial charge >= 0.3 is 0 Å². The summed E-state index contributed by atoms with van der Waals surface area (Å²) in [7, 11) is 2.07. The first-order chi connectivity index (χ1) is 10.3. The Hall–Kier alpha value is -1.22. The van der Waals surface area contributed by atoms with Crippen LogP contribution < -0.4 is 0 Å². The fraction of sp³-hybridized carbons (Fsp3) is 0.684. The van der Waals surface area contributed by atoms with Crippen molar-refractivity contribution in [3.63, 3.8) is 0 Å². The molecule has 0 unspecified atom stereocenters. The van der Waals surface area contributed by atoms with Gasteiger partial charge in [-0.15, -0.1) is 0 Å². The van der Waals surface area contributed by atoms with Crippen LogP contribution in [0, 0.1) is 23.7 Å². The maximum atomic E-state index is 8.79. The third kappa shape index (κ3) is 16.7. The predicted molar refractivity (Wildman–Crippen MR) is 91.9 cm³/mol. The molecule has 0 saturated heterocycles. The number of nitrogens with zero attached hydrogens (tertiary/aromatic N) is 1. The lowest BCUT2D eigenvalue weighted by molar-refractivity contribution is 0.219. The minimum Gasteiger partial charge on any atom is -0.395 e. The van der Waals surface area contributed by atoms with E-state index < -0.39 is 0 Å². The molecule has 118 valence electrons. The van der Waals surface area contributed by atoms with E-state index in [1.807, 2.05) is 12.2 Å². The molecule has 0 aromatic heterocycles. The zero-order chi connectivity index (χ0) is 15.6. The van der Waals surface area contributed by atoms with Crippen LogP contribution in [0.15, 0.2) is 12.2 Å². The molecule has 2 nitrogen and oxygen atoms in total. The number of hydrogen-bond acceptors (Lipinski definition) is 2. The minimum absolute atomic E-state index is 0.261. The number of aliphatic hydroxyl groups is 1.